The first-order valence-corrected chi connectivity index (χ1v) is 9.54. The van der Waals surface area contributed by atoms with Crippen molar-refractivity contribution in [3.05, 3.63) is 59.7 Å². The van der Waals surface area contributed by atoms with E-state index in [4.69, 9.17) is 4.74 Å². The number of ether oxygens (including phenoxy) is 1. The molecule has 148 valence electrons. The van der Waals surface area contributed by atoms with Crippen LogP contribution in [0.15, 0.2) is 48.5 Å². The molecule has 1 heterocycles. The molecule has 1 saturated heterocycles. The number of aryl methyl sites for hydroxylation is 1. The fourth-order valence-corrected chi connectivity index (χ4v) is 3.34. The maximum Gasteiger partial charge on any atom is 0.263 e. The highest BCUT2D eigenvalue weighted by atomic mass is 16.5. The van der Waals surface area contributed by atoms with Crippen molar-refractivity contribution < 1.29 is 19.4 Å². The van der Waals surface area contributed by atoms with Crippen LogP contribution in [0, 0.1) is 6.92 Å². The molecule has 1 N–H and O–H groups in total. The first-order valence-electron chi connectivity index (χ1n) is 9.54. The second kappa shape index (κ2) is 8.78. The molecule has 0 spiro atoms. The van der Waals surface area contributed by atoms with Gasteiger partial charge in [0, 0.05) is 31.7 Å². The lowest BCUT2D eigenvalue weighted by molar-refractivity contribution is -0.137. The van der Waals surface area contributed by atoms with Crippen LogP contribution in [0.25, 0.3) is 0 Å². The van der Waals surface area contributed by atoms with Crippen LogP contribution in [-0.4, -0.2) is 59.0 Å². The monoisotopic (exact) mass is 382 g/mol. The molecule has 1 aliphatic heterocycles. The number of carbonyl (C=O) groups is 2. The van der Waals surface area contributed by atoms with Gasteiger partial charge in [-0.25, -0.2) is 0 Å². The number of phenols is 1. The molecule has 28 heavy (non-hydrogen) atoms. The van der Waals surface area contributed by atoms with Crippen LogP contribution in [-0.2, 0) is 4.79 Å². The lowest BCUT2D eigenvalue weighted by Crippen LogP contribution is -2.43. The first kappa shape index (κ1) is 19.7. The van der Waals surface area contributed by atoms with Gasteiger partial charge in [-0.05, 0) is 56.7 Å². The van der Waals surface area contributed by atoms with E-state index in [1.807, 2.05) is 36.1 Å². The van der Waals surface area contributed by atoms with Crippen molar-refractivity contribution in [3.8, 4) is 11.5 Å². The van der Waals surface area contributed by atoms with Gasteiger partial charge in [0.05, 0.1) is 0 Å². The standard InChI is InChI=1S/C22H26N2O4/c1-16-5-3-6-18(15-16)22(27)24-12-4-11-23(13-14-24)21(26)17(2)28-20-9-7-19(25)8-10-20/h3,5-10,15,17,25H,4,11-14H2,1-2H3. The Bertz CT molecular complexity index is 835. The predicted octanol–water partition coefficient (Wildman–Crippen LogP) is 2.84. The molecule has 2 amide bonds. The van der Waals surface area contributed by atoms with E-state index >= 15 is 0 Å². The van der Waals surface area contributed by atoms with Gasteiger partial charge in [-0.2, -0.15) is 0 Å². The van der Waals surface area contributed by atoms with Crippen molar-refractivity contribution in [1.82, 2.24) is 9.80 Å². The number of nitrogens with zero attached hydrogens (tertiary/aromatic N) is 2. The van der Waals surface area contributed by atoms with Crippen molar-refractivity contribution in [1.29, 1.82) is 0 Å². The Labute approximate surface area is 165 Å². The van der Waals surface area contributed by atoms with Crippen LogP contribution in [0.4, 0.5) is 0 Å². The van der Waals surface area contributed by atoms with Gasteiger partial charge < -0.3 is 19.6 Å². The molecule has 0 aromatic heterocycles. The highest BCUT2D eigenvalue weighted by Gasteiger charge is 2.26. The SMILES string of the molecule is Cc1cccc(C(=O)N2CCCN(C(=O)C(C)Oc3ccc(O)cc3)CC2)c1. The van der Waals surface area contributed by atoms with Gasteiger partial charge in [0.15, 0.2) is 6.10 Å². The van der Waals surface area contributed by atoms with E-state index in [0.717, 1.165) is 12.0 Å². The smallest absolute Gasteiger partial charge is 0.263 e. The van der Waals surface area contributed by atoms with Crippen LogP contribution in [0.1, 0.15) is 29.3 Å². The van der Waals surface area contributed by atoms with Crippen molar-refractivity contribution in [2.24, 2.45) is 0 Å². The summed E-state index contributed by atoms with van der Waals surface area (Å²) in [5, 5.41) is 9.34. The van der Waals surface area contributed by atoms with E-state index in [1.165, 1.54) is 12.1 Å². The molecular weight excluding hydrogens is 356 g/mol. The number of phenolic OH excluding ortho intramolecular Hbond substituents is 1. The third-order valence-electron chi connectivity index (χ3n) is 4.86. The zero-order chi connectivity index (χ0) is 20.1. The van der Waals surface area contributed by atoms with Crippen LogP contribution in [0.3, 0.4) is 0 Å². The summed E-state index contributed by atoms with van der Waals surface area (Å²) in [6.07, 6.45) is 0.0958. The average Bonchev–Trinajstić information content (AvgIpc) is 2.94. The topological polar surface area (TPSA) is 70.1 Å². The van der Waals surface area contributed by atoms with E-state index in [9.17, 15) is 14.7 Å². The van der Waals surface area contributed by atoms with Crippen LogP contribution in [0.2, 0.25) is 0 Å². The number of carbonyl (C=O) groups excluding carboxylic acids is 2. The maximum absolute atomic E-state index is 12.8. The number of hydrogen-bond acceptors (Lipinski definition) is 4. The van der Waals surface area contributed by atoms with Crippen molar-refractivity contribution >= 4 is 11.8 Å². The molecule has 0 bridgehead atoms. The van der Waals surface area contributed by atoms with E-state index in [0.29, 0.717) is 37.5 Å². The predicted molar refractivity (Wildman–Crippen MR) is 106 cm³/mol. The highest BCUT2D eigenvalue weighted by Crippen LogP contribution is 2.18. The van der Waals surface area contributed by atoms with Gasteiger partial charge in [-0.3, -0.25) is 9.59 Å². The number of aromatic hydroxyl groups is 1. The molecule has 1 fully saturated rings. The minimum absolute atomic E-state index is 0.00592. The molecule has 1 atom stereocenters. The number of rotatable bonds is 4. The number of benzene rings is 2. The van der Waals surface area contributed by atoms with Crippen LogP contribution >= 0.6 is 0 Å². The van der Waals surface area contributed by atoms with Gasteiger partial charge in [-0.1, -0.05) is 17.7 Å². The molecule has 1 unspecified atom stereocenters. The Morgan fingerprint density at radius 2 is 1.68 bits per heavy atom. The Hall–Kier alpha value is -3.02. The summed E-state index contributed by atoms with van der Waals surface area (Å²) in [4.78, 5) is 29.1. The van der Waals surface area contributed by atoms with Crippen molar-refractivity contribution in [3.63, 3.8) is 0 Å². The molecule has 0 radical (unpaired) electrons. The second-order valence-electron chi connectivity index (χ2n) is 7.09. The molecule has 0 saturated carbocycles. The second-order valence-corrected chi connectivity index (χ2v) is 7.09. The van der Waals surface area contributed by atoms with Gasteiger partial charge in [-0.15, -0.1) is 0 Å². The molecular formula is C22H26N2O4. The van der Waals surface area contributed by atoms with Crippen LogP contribution < -0.4 is 4.74 Å². The van der Waals surface area contributed by atoms with Gasteiger partial charge >= 0.3 is 0 Å². The molecule has 2 aromatic carbocycles. The largest absolute Gasteiger partial charge is 0.508 e. The summed E-state index contributed by atoms with van der Waals surface area (Å²) in [7, 11) is 0. The van der Waals surface area contributed by atoms with E-state index in [1.54, 1.807) is 24.0 Å². The Balaban J connectivity index is 1.58. The zero-order valence-corrected chi connectivity index (χ0v) is 16.3. The minimum Gasteiger partial charge on any atom is -0.508 e. The molecule has 3 rings (SSSR count). The van der Waals surface area contributed by atoms with E-state index in [-0.39, 0.29) is 17.6 Å². The fourth-order valence-electron chi connectivity index (χ4n) is 3.34. The first-order chi connectivity index (χ1) is 13.4. The molecule has 2 aromatic rings. The van der Waals surface area contributed by atoms with Gasteiger partial charge in [0.25, 0.3) is 11.8 Å². The maximum atomic E-state index is 12.8. The third kappa shape index (κ3) is 4.82. The number of hydrogen-bond donors (Lipinski definition) is 1. The fraction of sp³-hybridized carbons (Fsp3) is 0.364. The van der Waals surface area contributed by atoms with Gasteiger partial charge in [0.1, 0.15) is 11.5 Å². The highest BCUT2D eigenvalue weighted by molar-refractivity contribution is 5.94. The summed E-state index contributed by atoms with van der Waals surface area (Å²) < 4.78 is 5.70. The average molecular weight is 382 g/mol. The summed E-state index contributed by atoms with van der Waals surface area (Å²) in [5.74, 6) is 0.589. The normalized spacial score (nSPS) is 15.6. The van der Waals surface area contributed by atoms with Crippen molar-refractivity contribution in [2.75, 3.05) is 26.2 Å². The van der Waals surface area contributed by atoms with E-state index in [2.05, 4.69) is 0 Å². The van der Waals surface area contributed by atoms with E-state index < -0.39 is 6.10 Å². The summed E-state index contributed by atoms with van der Waals surface area (Å²) in [6.45, 7) is 5.90. The van der Waals surface area contributed by atoms with Gasteiger partial charge in [0.2, 0.25) is 0 Å². The number of amides is 2. The Kier molecular flexibility index (Phi) is 6.19. The Morgan fingerprint density at radius 3 is 2.39 bits per heavy atom. The summed E-state index contributed by atoms with van der Waals surface area (Å²) in [6, 6.07) is 13.9. The zero-order valence-electron chi connectivity index (χ0n) is 16.3. The lowest BCUT2D eigenvalue weighted by atomic mass is 10.1. The molecule has 6 heteroatoms. The lowest BCUT2D eigenvalue weighted by Gasteiger charge is -2.25. The third-order valence-corrected chi connectivity index (χ3v) is 4.86. The molecule has 1 aliphatic rings. The Morgan fingerprint density at radius 1 is 1.00 bits per heavy atom. The molecule has 0 aliphatic carbocycles. The van der Waals surface area contributed by atoms with Crippen molar-refractivity contribution in [2.45, 2.75) is 26.4 Å². The molecule has 6 nitrogen and oxygen atoms in total. The minimum atomic E-state index is -0.636. The quantitative estimate of drug-likeness (QED) is 0.883. The van der Waals surface area contributed by atoms with Crippen LogP contribution in [0.5, 0.6) is 11.5 Å². The summed E-state index contributed by atoms with van der Waals surface area (Å²) in [5.41, 5.74) is 1.74. The summed E-state index contributed by atoms with van der Waals surface area (Å²) >= 11 is 0.